The molecule has 0 amide bonds. The molecule has 0 fully saturated rings. The molecule has 0 aliphatic heterocycles. The maximum Gasteiger partial charge on any atom is 0.125 e. The molecule has 2 rings (SSSR count). The maximum absolute atomic E-state index is 13.1. The molecule has 1 aromatic carbocycles. The van der Waals surface area contributed by atoms with Crippen molar-refractivity contribution >= 4 is 22.5 Å². The van der Waals surface area contributed by atoms with E-state index in [0.29, 0.717) is 10.5 Å². The minimum Gasteiger partial charge on any atom is -0.253 e. The third kappa shape index (κ3) is 1.46. The van der Waals surface area contributed by atoms with E-state index in [-0.39, 0.29) is 5.82 Å². The molecule has 1 aromatic heterocycles. The lowest BCUT2D eigenvalue weighted by Crippen LogP contribution is -1.89. The molecule has 0 saturated carbocycles. The van der Waals surface area contributed by atoms with Crippen LogP contribution in [0.5, 0.6) is 0 Å². The first kappa shape index (κ1) is 9.41. The SMILES string of the molecule is Cc1cc(Cl)c2c(C)cc(F)cc2n1. The molecule has 0 unspecified atom stereocenters. The molecule has 0 aliphatic carbocycles. The second-order valence-corrected chi connectivity index (χ2v) is 3.77. The highest BCUT2D eigenvalue weighted by atomic mass is 35.5. The molecule has 0 aliphatic rings. The molecule has 3 heteroatoms. The molecule has 14 heavy (non-hydrogen) atoms. The summed E-state index contributed by atoms with van der Waals surface area (Å²) in [6.45, 7) is 3.67. The lowest BCUT2D eigenvalue weighted by molar-refractivity contribution is 0.628. The number of nitrogens with zero attached hydrogens (tertiary/aromatic N) is 1. The zero-order chi connectivity index (χ0) is 10.3. The molecule has 0 radical (unpaired) electrons. The Balaban J connectivity index is 2.94. The number of hydrogen-bond donors (Lipinski definition) is 0. The van der Waals surface area contributed by atoms with E-state index in [1.165, 1.54) is 12.1 Å². The monoisotopic (exact) mass is 209 g/mol. The summed E-state index contributed by atoms with van der Waals surface area (Å²) in [6.07, 6.45) is 0. The number of rotatable bonds is 0. The molecule has 0 bridgehead atoms. The quantitative estimate of drug-likeness (QED) is 0.646. The van der Waals surface area contributed by atoms with Crippen LogP contribution in [-0.2, 0) is 0 Å². The number of pyridine rings is 1. The predicted molar refractivity (Wildman–Crippen MR) is 56.2 cm³/mol. The minimum atomic E-state index is -0.274. The Morgan fingerprint density at radius 1 is 1.21 bits per heavy atom. The van der Waals surface area contributed by atoms with Crippen molar-refractivity contribution in [1.82, 2.24) is 4.98 Å². The van der Waals surface area contributed by atoms with E-state index in [1.807, 2.05) is 13.8 Å². The van der Waals surface area contributed by atoms with Gasteiger partial charge in [-0.2, -0.15) is 0 Å². The van der Waals surface area contributed by atoms with Gasteiger partial charge in [0.15, 0.2) is 0 Å². The van der Waals surface area contributed by atoms with Gasteiger partial charge >= 0.3 is 0 Å². The number of aryl methyl sites for hydroxylation is 2. The highest BCUT2D eigenvalue weighted by Gasteiger charge is 2.06. The maximum atomic E-state index is 13.1. The molecule has 0 saturated heterocycles. The largest absolute Gasteiger partial charge is 0.253 e. The third-order valence-electron chi connectivity index (χ3n) is 2.15. The molecule has 0 N–H and O–H groups in total. The van der Waals surface area contributed by atoms with Gasteiger partial charge in [0, 0.05) is 17.1 Å². The van der Waals surface area contributed by atoms with Gasteiger partial charge in [-0.05, 0) is 31.5 Å². The van der Waals surface area contributed by atoms with Gasteiger partial charge in [0.05, 0.1) is 10.5 Å². The highest BCUT2D eigenvalue weighted by molar-refractivity contribution is 6.35. The molecule has 1 nitrogen and oxygen atoms in total. The fraction of sp³-hybridized carbons (Fsp3) is 0.182. The molecular formula is C11H9ClFN. The smallest absolute Gasteiger partial charge is 0.125 e. The van der Waals surface area contributed by atoms with E-state index in [0.717, 1.165) is 16.6 Å². The second-order valence-electron chi connectivity index (χ2n) is 3.36. The Morgan fingerprint density at radius 2 is 1.93 bits per heavy atom. The lowest BCUT2D eigenvalue weighted by atomic mass is 10.1. The van der Waals surface area contributed by atoms with Gasteiger partial charge in [0.2, 0.25) is 0 Å². The predicted octanol–water partition coefficient (Wildman–Crippen LogP) is 3.64. The van der Waals surface area contributed by atoms with Crippen molar-refractivity contribution in [2.45, 2.75) is 13.8 Å². The Bertz CT molecular complexity index is 465. The van der Waals surface area contributed by atoms with Crippen molar-refractivity contribution in [3.8, 4) is 0 Å². The summed E-state index contributed by atoms with van der Waals surface area (Å²) < 4.78 is 13.1. The number of hydrogen-bond acceptors (Lipinski definition) is 1. The van der Waals surface area contributed by atoms with E-state index in [9.17, 15) is 4.39 Å². The van der Waals surface area contributed by atoms with Gasteiger partial charge in [-0.15, -0.1) is 0 Å². The van der Waals surface area contributed by atoms with Gasteiger partial charge < -0.3 is 0 Å². The standard InChI is InChI=1S/C11H9ClFN/c1-6-3-8(13)5-10-11(6)9(12)4-7(2)14-10/h3-5H,1-2H3. The van der Waals surface area contributed by atoms with Crippen molar-refractivity contribution in [2.24, 2.45) is 0 Å². The zero-order valence-electron chi connectivity index (χ0n) is 7.94. The minimum absolute atomic E-state index is 0.274. The first-order chi connectivity index (χ1) is 6.58. The van der Waals surface area contributed by atoms with E-state index >= 15 is 0 Å². The van der Waals surface area contributed by atoms with Gasteiger partial charge in [-0.25, -0.2) is 4.39 Å². The number of halogens is 2. The summed E-state index contributed by atoms with van der Waals surface area (Å²) >= 11 is 6.06. The average molecular weight is 210 g/mol. The van der Waals surface area contributed by atoms with Crippen LogP contribution in [0.1, 0.15) is 11.3 Å². The van der Waals surface area contributed by atoms with Crippen LogP contribution in [0.25, 0.3) is 10.9 Å². The summed E-state index contributed by atoms with van der Waals surface area (Å²) in [7, 11) is 0. The Morgan fingerprint density at radius 3 is 2.64 bits per heavy atom. The van der Waals surface area contributed by atoms with Crippen LogP contribution < -0.4 is 0 Å². The first-order valence-electron chi connectivity index (χ1n) is 4.31. The van der Waals surface area contributed by atoms with E-state index in [1.54, 1.807) is 6.07 Å². The third-order valence-corrected chi connectivity index (χ3v) is 2.45. The topological polar surface area (TPSA) is 12.9 Å². The van der Waals surface area contributed by atoms with Gasteiger partial charge in [-0.3, -0.25) is 4.98 Å². The fourth-order valence-electron chi connectivity index (χ4n) is 1.60. The number of aromatic nitrogens is 1. The molecule has 0 atom stereocenters. The Hall–Kier alpha value is -1.15. The van der Waals surface area contributed by atoms with Crippen molar-refractivity contribution in [3.05, 3.63) is 40.3 Å². The van der Waals surface area contributed by atoms with Crippen LogP contribution in [0.4, 0.5) is 4.39 Å². The first-order valence-corrected chi connectivity index (χ1v) is 4.69. The van der Waals surface area contributed by atoms with Crippen LogP contribution in [0.3, 0.4) is 0 Å². The van der Waals surface area contributed by atoms with Gasteiger partial charge in [-0.1, -0.05) is 11.6 Å². The average Bonchev–Trinajstić information content (AvgIpc) is 1.99. The molecule has 1 heterocycles. The number of fused-ring (bicyclic) bond motifs is 1. The second kappa shape index (κ2) is 3.21. The Labute approximate surface area is 86.5 Å². The number of benzene rings is 1. The molecular weight excluding hydrogens is 201 g/mol. The fourth-order valence-corrected chi connectivity index (χ4v) is 2.01. The van der Waals surface area contributed by atoms with Crippen LogP contribution in [-0.4, -0.2) is 4.98 Å². The highest BCUT2D eigenvalue weighted by Crippen LogP contribution is 2.26. The van der Waals surface area contributed by atoms with Crippen LogP contribution in [0.15, 0.2) is 18.2 Å². The normalized spacial score (nSPS) is 10.9. The van der Waals surface area contributed by atoms with Gasteiger partial charge in [0.25, 0.3) is 0 Å². The molecule has 2 aromatic rings. The molecule has 72 valence electrons. The zero-order valence-corrected chi connectivity index (χ0v) is 8.69. The summed E-state index contributed by atoms with van der Waals surface area (Å²) in [5.74, 6) is -0.274. The van der Waals surface area contributed by atoms with E-state index in [4.69, 9.17) is 11.6 Å². The summed E-state index contributed by atoms with van der Waals surface area (Å²) in [4.78, 5) is 4.23. The summed E-state index contributed by atoms with van der Waals surface area (Å²) in [5.41, 5.74) is 2.23. The van der Waals surface area contributed by atoms with E-state index in [2.05, 4.69) is 4.98 Å². The van der Waals surface area contributed by atoms with E-state index < -0.39 is 0 Å². The van der Waals surface area contributed by atoms with Crippen molar-refractivity contribution in [1.29, 1.82) is 0 Å². The lowest BCUT2D eigenvalue weighted by Gasteiger charge is -2.05. The summed E-state index contributed by atoms with van der Waals surface area (Å²) in [5, 5.41) is 1.46. The van der Waals surface area contributed by atoms with Crippen LogP contribution in [0.2, 0.25) is 5.02 Å². The van der Waals surface area contributed by atoms with Crippen LogP contribution >= 0.6 is 11.6 Å². The Kier molecular flexibility index (Phi) is 2.16. The summed E-state index contributed by atoms with van der Waals surface area (Å²) in [6, 6.07) is 4.65. The van der Waals surface area contributed by atoms with Crippen molar-refractivity contribution in [3.63, 3.8) is 0 Å². The van der Waals surface area contributed by atoms with Gasteiger partial charge in [0.1, 0.15) is 5.82 Å². The molecule has 0 spiro atoms. The van der Waals surface area contributed by atoms with Crippen molar-refractivity contribution < 1.29 is 4.39 Å². The van der Waals surface area contributed by atoms with Crippen LogP contribution in [0, 0.1) is 19.7 Å². The van der Waals surface area contributed by atoms with Crippen molar-refractivity contribution in [2.75, 3.05) is 0 Å².